The lowest BCUT2D eigenvalue weighted by Gasteiger charge is -2.21. The third kappa shape index (κ3) is 4.30. The Bertz CT molecular complexity index is 440. The van der Waals surface area contributed by atoms with Crippen molar-refractivity contribution in [1.82, 2.24) is 0 Å². The Hall–Kier alpha value is -0.510. The van der Waals surface area contributed by atoms with E-state index >= 15 is 0 Å². The van der Waals surface area contributed by atoms with Crippen LogP contribution < -0.4 is 0 Å². The molecular formula is C9H15O7S2-. The average molecular weight is 299 g/mol. The second kappa shape index (κ2) is 5.64. The summed E-state index contributed by atoms with van der Waals surface area (Å²) >= 11 is -2.29. The first-order valence-electron chi connectivity index (χ1n) is 5.27. The summed E-state index contributed by atoms with van der Waals surface area (Å²) in [7, 11) is -3.94. The first kappa shape index (κ1) is 15.5. The van der Waals surface area contributed by atoms with Crippen LogP contribution in [0.5, 0.6) is 0 Å². The van der Waals surface area contributed by atoms with E-state index in [0.29, 0.717) is 0 Å². The SMILES string of the molecule is CC1(C)COC(=O)[C@@H]1OS(=O)(=O)CCCS(=O)[O-]. The van der Waals surface area contributed by atoms with Crippen molar-refractivity contribution in [1.29, 1.82) is 0 Å². The van der Waals surface area contributed by atoms with Gasteiger partial charge in [0, 0.05) is 11.2 Å². The van der Waals surface area contributed by atoms with Crippen molar-refractivity contribution >= 4 is 27.2 Å². The molecule has 0 aromatic carbocycles. The minimum Gasteiger partial charge on any atom is -0.772 e. The van der Waals surface area contributed by atoms with Crippen LogP contribution in [-0.4, -0.2) is 47.4 Å². The molecule has 7 nitrogen and oxygen atoms in total. The van der Waals surface area contributed by atoms with Crippen LogP contribution in [0.2, 0.25) is 0 Å². The molecule has 18 heavy (non-hydrogen) atoms. The summed E-state index contributed by atoms with van der Waals surface area (Å²) in [6.07, 6.45) is -1.24. The number of esters is 1. The molecule has 0 bridgehead atoms. The molecule has 1 aliphatic heterocycles. The van der Waals surface area contributed by atoms with E-state index in [2.05, 4.69) is 0 Å². The van der Waals surface area contributed by atoms with Gasteiger partial charge >= 0.3 is 5.97 Å². The maximum Gasteiger partial charge on any atom is 0.337 e. The third-order valence-corrected chi connectivity index (χ3v) is 4.35. The molecule has 0 aromatic heterocycles. The minimum atomic E-state index is -3.94. The van der Waals surface area contributed by atoms with E-state index in [1.807, 2.05) is 0 Å². The maximum absolute atomic E-state index is 11.6. The van der Waals surface area contributed by atoms with E-state index in [1.165, 1.54) is 0 Å². The Labute approximate surface area is 108 Å². The Morgan fingerprint density at radius 1 is 1.56 bits per heavy atom. The van der Waals surface area contributed by atoms with Crippen molar-refractivity contribution in [3.63, 3.8) is 0 Å². The Morgan fingerprint density at radius 3 is 2.61 bits per heavy atom. The molecule has 2 atom stereocenters. The maximum atomic E-state index is 11.6. The Kier molecular flexibility index (Phi) is 4.87. The van der Waals surface area contributed by atoms with Crippen LogP contribution in [0.1, 0.15) is 20.3 Å². The predicted molar refractivity (Wildman–Crippen MR) is 61.8 cm³/mol. The number of hydrogen-bond acceptors (Lipinski definition) is 7. The van der Waals surface area contributed by atoms with E-state index in [1.54, 1.807) is 13.8 Å². The highest BCUT2D eigenvalue weighted by Gasteiger charge is 2.47. The third-order valence-electron chi connectivity index (χ3n) is 2.46. The molecule has 1 heterocycles. The second-order valence-electron chi connectivity index (χ2n) is 4.70. The summed E-state index contributed by atoms with van der Waals surface area (Å²) in [4.78, 5) is 11.3. The van der Waals surface area contributed by atoms with Crippen molar-refractivity contribution in [2.45, 2.75) is 26.4 Å². The summed E-state index contributed by atoms with van der Waals surface area (Å²) < 4.78 is 53.2. The molecule has 0 amide bonds. The number of rotatable bonds is 6. The molecule has 9 heteroatoms. The number of carbonyl (C=O) groups excluding carboxylic acids is 1. The van der Waals surface area contributed by atoms with Crippen LogP contribution in [0.4, 0.5) is 0 Å². The Morgan fingerprint density at radius 2 is 2.17 bits per heavy atom. The van der Waals surface area contributed by atoms with E-state index in [4.69, 9.17) is 8.92 Å². The normalized spacial score (nSPS) is 24.8. The molecule has 1 saturated heterocycles. The van der Waals surface area contributed by atoms with Gasteiger partial charge in [-0.2, -0.15) is 8.42 Å². The highest BCUT2D eigenvalue weighted by atomic mass is 32.2. The molecule has 1 fully saturated rings. The van der Waals surface area contributed by atoms with E-state index in [0.717, 1.165) is 0 Å². The number of ether oxygens (including phenoxy) is 1. The molecule has 0 aromatic rings. The standard InChI is InChI=1S/C9H16O7S2/c1-9(2)6-15-8(10)7(9)16-18(13,14)5-3-4-17(11)12/h7H,3-6H2,1-2H3,(H,11,12)/p-1/t7-/m0/s1. The zero-order chi connectivity index (χ0) is 14.0. The van der Waals surface area contributed by atoms with Crippen molar-refractivity contribution in [2.75, 3.05) is 18.1 Å². The van der Waals surface area contributed by atoms with Crippen LogP contribution in [0.3, 0.4) is 0 Å². The fourth-order valence-electron chi connectivity index (χ4n) is 1.45. The van der Waals surface area contributed by atoms with E-state index in [-0.39, 0.29) is 18.8 Å². The van der Waals surface area contributed by atoms with Crippen molar-refractivity contribution in [3.8, 4) is 0 Å². The summed E-state index contributed by atoms with van der Waals surface area (Å²) in [5.41, 5.74) is -0.717. The van der Waals surface area contributed by atoms with Crippen LogP contribution in [0.15, 0.2) is 0 Å². The lowest BCUT2D eigenvalue weighted by atomic mass is 9.90. The minimum absolute atomic E-state index is 0.0688. The van der Waals surface area contributed by atoms with Crippen molar-refractivity contribution in [3.05, 3.63) is 0 Å². The molecule has 0 aliphatic carbocycles. The van der Waals surface area contributed by atoms with Crippen LogP contribution >= 0.6 is 0 Å². The summed E-state index contributed by atoms with van der Waals surface area (Å²) in [5.74, 6) is -1.42. The van der Waals surface area contributed by atoms with Gasteiger partial charge in [-0.1, -0.05) is 24.9 Å². The molecule has 0 N–H and O–H groups in total. The highest BCUT2D eigenvalue weighted by molar-refractivity contribution is 7.86. The van der Waals surface area contributed by atoms with Gasteiger partial charge in [-0.15, -0.1) is 0 Å². The first-order valence-corrected chi connectivity index (χ1v) is 8.10. The van der Waals surface area contributed by atoms with Gasteiger partial charge in [-0.25, -0.2) is 4.79 Å². The quantitative estimate of drug-likeness (QED) is 0.371. The van der Waals surface area contributed by atoms with Gasteiger partial charge in [-0.05, 0) is 6.42 Å². The second-order valence-corrected chi connectivity index (χ2v) is 7.43. The zero-order valence-corrected chi connectivity index (χ0v) is 11.7. The summed E-state index contributed by atoms with van der Waals surface area (Å²) in [6.45, 7) is 3.41. The number of cyclic esters (lactones) is 1. The van der Waals surface area contributed by atoms with Gasteiger partial charge in [-0.3, -0.25) is 8.39 Å². The molecule has 0 radical (unpaired) electrons. The van der Waals surface area contributed by atoms with Crippen LogP contribution in [-0.2, 0) is 34.9 Å². The fraction of sp³-hybridized carbons (Fsp3) is 0.889. The van der Waals surface area contributed by atoms with Crippen molar-refractivity contribution in [2.24, 2.45) is 5.41 Å². The zero-order valence-electron chi connectivity index (χ0n) is 10.1. The van der Waals surface area contributed by atoms with Gasteiger partial charge < -0.3 is 9.29 Å². The highest BCUT2D eigenvalue weighted by Crippen LogP contribution is 2.32. The fourth-order valence-corrected chi connectivity index (χ4v) is 3.23. The molecule has 0 spiro atoms. The summed E-state index contributed by atoms with van der Waals surface area (Å²) in [6, 6.07) is 0. The number of carbonyl (C=O) groups is 1. The lowest BCUT2D eigenvalue weighted by molar-refractivity contribution is -0.143. The van der Waals surface area contributed by atoms with Gasteiger partial charge in [0.05, 0.1) is 12.4 Å². The van der Waals surface area contributed by atoms with Gasteiger partial charge in [0.15, 0.2) is 6.10 Å². The predicted octanol–water partition coefficient (Wildman–Crippen LogP) is -0.446. The lowest BCUT2D eigenvalue weighted by Crippen LogP contribution is -2.35. The molecular weight excluding hydrogens is 284 g/mol. The topological polar surface area (TPSA) is 110 Å². The molecule has 1 rings (SSSR count). The van der Waals surface area contributed by atoms with E-state index < -0.39 is 44.4 Å². The van der Waals surface area contributed by atoms with E-state index in [9.17, 15) is 22.0 Å². The van der Waals surface area contributed by atoms with Crippen LogP contribution in [0.25, 0.3) is 0 Å². The van der Waals surface area contributed by atoms with Gasteiger partial charge in [0.25, 0.3) is 10.1 Å². The Balaban J connectivity index is 2.60. The smallest absolute Gasteiger partial charge is 0.337 e. The van der Waals surface area contributed by atoms with Crippen molar-refractivity contribution < 1.29 is 30.9 Å². The van der Waals surface area contributed by atoms with Gasteiger partial charge in [0.1, 0.15) is 0 Å². The first-order chi connectivity index (χ1) is 8.14. The average Bonchev–Trinajstić information content (AvgIpc) is 2.44. The monoisotopic (exact) mass is 299 g/mol. The molecule has 0 saturated carbocycles. The van der Waals surface area contributed by atoms with Gasteiger partial charge in [0.2, 0.25) is 0 Å². The molecule has 106 valence electrons. The largest absolute Gasteiger partial charge is 0.772 e. The summed E-state index contributed by atoms with van der Waals surface area (Å²) in [5, 5.41) is 0. The molecule has 1 unspecified atom stereocenters. The van der Waals surface area contributed by atoms with Crippen LogP contribution in [0, 0.1) is 5.41 Å². The number of hydrogen-bond donors (Lipinski definition) is 0. The molecule has 1 aliphatic rings.